The predicted molar refractivity (Wildman–Crippen MR) is 64.0 cm³/mol. The summed E-state index contributed by atoms with van der Waals surface area (Å²) in [6.45, 7) is 5.03. The number of rotatable bonds is 5. The zero-order valence-electron chi connectivity index (χ0n) is 10.2. The van der Waals surface area contributed by atoms with Crippen LogP contribution in [-0.4, -0.2) is 24.0 Å². The summed E-state index contributed by atoms with van der Waals surface area (Å²) in [6, 6.07) is 1.36. The van der Waals surface area contributed by atoms with E-state index >= 15 is 0 Å². The molecule has 0 aromatic carbocycles. The van der Waals surface area contributed by atoms with Crippen LogP contribution in [0.2, 0.25) is 0 Å². The number of nitrogens with one attached hydrogen (secondary N) is 1. The third-order valence-corrected chi connectivity index (χ3v) is 2.57. The summed E-state index contributed by atoms with van der Waals surface area (Å²) in [5.74, 6) is -1.03. The quantitative estimate of drug-likeness (QED) is 0.814. The molecule has 1 rings (SSSR count). The molecule has 0 saturated heterocycles. The van der Waals surface area contributed by atoms with Gasteiger partial charge in [-0.1, -0.05) is 13.8 Å². The monoisotopic (exact) mass is 239 g/mol. The maximum atomic E-state index is 13.3. The summed E-state index contributed by atoms with van der Waals surface area (Å²) in [4.78, 5) is 15.3. The highest BCUT2D eigenvalue weighted by Gasteiger charge is 2.19. The van der Waals surface area contributed by atoms with Gasteiger partial charge in [0.15, 0.2) is 5.82 Å². The average molecular weight is 239 g/mol. The minimum absolute atomic E-state index is 0.0172. The molecule has 0 spiro atoms. The van der Waals surface area contributed by atoms with Gasteiger partial charge >= 0.3 is 0 Å². The molecule has 0 bridgehead atoms. The van der Waals surface area contributed by atoms with Gasteiger partial charge in [0.2, 0.25) is 0 Å². The number of halogens is 1. The number of pyridine rings is 1. The number of hydrogen-bond donors (Lipinski definition) is 2. The van der Waals surface area contributed by atoms with Gasteiger partial charge in [0, 0.05) is 12.7 Å². The van der Waals surface area contributed by atoms with Crippen LogP contribution in [0.1, 0.15) is 30.6 Å². The SMILES string of the molecule is CC(C)(CCN)CNC(=O)c1ccncc1F. The minimum Gasteiger partial charge on any atom is -0.351 e. The fourth-order valence-electron chi connectivity index (χ4n) is 1.45. The predicted octanol–water partition coefficient (Wildman–Crippen LogP) is 1.33. The average Bonchev–Trinajstić information content (AvgIpc) is 2.27. The van der Waals surface area contributed by atoms with E-state index in [1.165, 1.54) is 12.3 Å². The van der Waals surface area contributed by atoms with Crippen LogP contribution in [-0.2, 0) is 0 Å². The zero-order valence-corrected chi connectivity index (χ0v) is 10.2. The number of nitrogens with two attached hydrogens (primary N) is 1. The summed E-state index contributed by atoms with van der Waals surface area (Å²) in [7, 11) is 0. The Labute approximate surface area is 100 Å². The van der Waals surface area contributed by atoms with Crippen molar-refractivity contribution >= 4 is 5.91 Å². The number of nitrogens with zero attached hydrogens (tertiary/aromatic N) is 1. The largest absolute Gasteiger partial charge is 0.351 e. The van der Waals surface area contributed by atoms with Gasteiger partial charge in [-0.05, 0) is 24.4 Å². The molecular weight excluding hydrogens is 221 g/mol. The molecule has 0 saturated carbocycles. The van der Waals surface area contributed by atoms with Crippen LogP contribution in [0, 0.1) is 11.2 Å². The second-order valence-corrected chi connectivity index (χ2v) is 4.74. The smallest absolute Gasteiger partial charge is 0.254 e. The highest BCUT2D eigenvalue weighted by molar-refractivity contribution is 5.94. The van der Waals surface area contributed by atoms with Gasteiger partial charge in [-0.2, -0.15) is 0 Å². The summed E-state index contributed by atoms with van der Waals surface area (Å²) >= 11 is 0. The Hall–Kier alpha value is -1.49. The highest BCUT2D eigenvalue weighted by Crippen LogP contribution is 2.17. The van der Waals surface area contributed by atoms with Crippen molar-refractivity contribution in [1.29, 1.82) is 0 Å². The maximum absolute atomic E-state index is 13.3. The Kier molecular flexibility index (Phi) is 4.57. The standard InChI is InChI=1S/C12H18FN3O/c1-12(2,4-5-14)8-16-11(17)9-3-6-15-7-10(9)13/h3,6-7H,4-5,8,14H2,1-2H3,(H,16,17). The van der Waals surface area contributed by atoms with Gasteiger partial charge in [-0.3, -0.25) is 9.78 Å². The molecule has 3 N–H and O–H groups in total. The minimum atomic E-state index is -0.610. The van der Waals surface area contributed by atoms with E-state index in [1.807, 2.05) is 13.8 Å². The van der Waals surface area contributed by atoms with E-state index in [2.05, 4.69) is 10.3 Å². The van der Waals surface area contributed by atoms with E-state index in [1.54, 1.807) is 0 Å². The first-order valence-corrected chi connectivity index (χ1v) is 5.54. The van der Waals surface area contributed by atoms with Crippen molar-refractivity contribution < 1.29 is 9.18 Å². The molecular formula is C12H18FN3O. The molecule has 0 atom stereocenters. The van der Waals surface area contributed by atoms with Gasteiger partial charge in [-0.25, -0.2) is 4.39 Å². The van der Waals surface area contributed by atoms with Crippen LogP contribution in [0.25, 0.3) is 0 Å². The lowest BCUT2D eigenvalue weighted by molar-refractivity contribution is 0.0931. The van der Waals surface area contributed by atoms with Crippen molar-refractivity contribution in [2.45, 2.75) is 20.3 Å². The number of hydrogen-bond acceptors (Lipinski definition) is 3. The van der Waals surface area contributed by atoms with Crippen molar-refractivity contribution in [2.75, 3.05) is 13.1 Å². The molecule has 0 fully saturated rings. The molecule has 1 amide bonds. The number of carbonyl (C=O) groups excluding carboxylic acids is 1. The van der Waals surface area contributed by atoms with E-state index in [4.69, 9.17) is 5.73 Å². The van der Waals surface area contributed by atoms with E-state index in [-0.39, 0.29) is 11.0 Å². The number of aromatic nitrogens is 1. The van der Waals surface area contributed by atoms with Crippen molar-refractivity contribution in [3.05, 3.63) is 29.8 Å². The molecule has 1 aromatic heterocycles. The topological polar surface area (TPSA) is 68.0 Å². The van der Waals surface area contributed by atoms with E-state index in [0.29, 0.717) is 13.1 Å². The van der Waals surface area contributed by atoms with Gasteiger partial charge in [0.25, 0.3) is 5.91 Å². The summed E-state index contributed by atoms with van der Waals surface area (Å²) in [5.41, 5.74) is 5.40. The van der Waals surface area contributed by atoms with Gasteiger partial charge in [0.1, 0.15) is 0 Å². The first-order chi connectivity index (χ1) is 7.96. The van der Waals surface area contributed by atoms with Crippen molar-refractivity contribution in [3.63, 3.8) is 0 Å². The first-order valence-electron chi connectivity index (χ1n) is 5.54. The first kappa shape index (κ1) is 13.6. The van der Waals surface area contributed by atoms with E-state index in [0.717, 1.165) is 12.6 Å². The van der Waals surface area contributed by atoms with E-state index in [9.17, 15) is 9.18 Å². The summed E-state index contributed by atoms with van der Waals surface area (Å²) < 4.78 is 13.3. The normalized spacial score (nSPS) is 11.3. The van der Waals surface area contributed by atoms with Crippen molar-refractivity contribution in [3.8, 4) is 0 Å². The Morgan fingerprint density at radius 3 is 2.88 bits per heavy atom. The molecule has 0 aliphatic heterocycles. The van der Waals surface area contributed by atoms with Gasteiger partial charge in [0.05, 0.1) is 11.8 Å². The molecule has 0 unspecified atom stereocenters. The van der Waals surface area contributed by atoms with Crippen molar-refractivity contribution in [1.82, 2.24) is 10.3 Å². The summed E-state index contributed by atoms with van der Waals surface area (Å²) in [6.07, 6.45) is 3.22. The molecule has 1 aromatic rings. The second kappa shape index (κ2) is 5.72. The van der Waals surface area contributed by atoms with E-state index < -0.39 is 11.7 Å². The molecule has 0 radical (unpaired) electrons. The van der Waals surface area contributed by atoms with Crippen LogP contribution in [0.3, 0.4) is 0 Å². The number of carbonyl (C=O) groups is 1. The van der Waals surface area contributed by atoms with Crippen molar-refractivity contribution in [2.24, 2.45) is 11.1 Å². The van der Waals surface area contributed by atoms with Crippen LogP contribution in [0.5, 0.6) is 0 Å². The van der Waals surface area contributed by atoms with Gasteiger partial charge in [-0.15, -0.1) is 0 Å². The molecule has 0 aliphatic carbocycles. The lowest BCUT2D eigenvalue weighted by atomic mass is 9.89. The lowest BCUT2D eigenvalue weighted by Crippen LogP contribution is -2.35. The Bertz CT molecular complexity index is 393. The summed E-state index contributed by atoms with van der Waals surface area (Å²) in [5, 5.41) is 2.70. The Morgan fingerprint density at radius 1 is 1.59 bits per heavy atom. The number of amides is 1. The van der Waals surface area contributed by atoms with Crippen LogP contribution < -0.4 is 11.1 Å². The van der Waals surface area contributed by atoms with Crippen LogP contribution in [0.15, 0.2) is 18.5 Å². The highest BCUT2D eigenvalue weighted by atomic mass is 19.1. The Balaban J connectivity index is 2.59. The fraction of sp³-hybridized carbons (Fsp3) is 0.500. The van der Waals surface area contributed by atoms with Crippen LogP contribution >= 0.6 is 0 Å². The molecule has 0 aliphatic rings. The van der Waals surface area contributed by atoms with Gasteiger partial charge < -0.3 is 11.1 Å². The third kappa shape index (κ3) is 4.11. The lowest BCUT2D eigenvalue weighted by Gasteiger charge is -2.24. The third-order valence-electron chi connectivity index (χ3n) is 2.57. The van der Waals surface area contributed by atoms with Crippen LogP contribution in [0.4, 0.5) is 4.39 Å². The Morgan fingerprint density at radius 2 is 2.29 bits per heavy atom. The molecule has 94 valence electrons. The molecule has 17 heavy (non-hydrogen) atoms. The molecule has 4 nitrogen and oxygen atoms in total. The molecule has 5 heteroatoms. The fourth-order valence-corrected chi connectivity index (χ4v) is 1.45. The second-order valence-electron chi connectivity index (χ2n) is 4.74. The maximum Gasteiger partial charge on any atom is 0.254 e. The molecule has 1 heterocycles. The zero-order chi connectivity index (χ0) is 12.9.